The van der Waals surface area contributed by atoms with Crippen LogP contribution in [-0.2, 0) is 0 Å². The highest BCUT2D eigenvalue weighted by Crippen LogP contribution is 1.90. The fourth-order valence-corrected chi connectivity index (χ4v) is 0.521. The van der Waals surface area contributed by atoms with Crippen LogP contribution < -0.4 is 0 Å². The van der Waals surface area contributed by atoms with Gasteiger partial charge in [-0.25, -0.2) is 9.66 Å². The van der Waals surface area contributed by atoms with Crippen molar-refractivity contribution in [3.05, 3.63) is 18.2 Å². The second-order valence-corrected chi connectivity index (χ2v) is 1.46. The average Bonchev–Trinajstić information content (AvgIpc) is 2.14. The van der Waals surface area contributed by atoms with Gasteiger partial charge in [-0.3, -0.25) is 0 Å². The van der Waals surface area contributed by atoms with Crippen LogP contribution in [0.3, 0.4) is 0 Å². The number of rotatable bonds is 1. The molecule has 3 heteroatoms. The van der Waals surface area contributed by atoms with Crippen LogP contribution in [0.25, 0.3) is 0 Å². The van der Waals surface area contributed by atoms with Crippen molar-refractivity contribution in [2.45, 2.75) is 6.92 Å². The van der Waals surface area contributed by atoms with E-state index in [2.05, 4.69) is 16.8 Å². The molecule has 0 aliphatic heterocycles. The molecule has 1 aromatic heterocycles. The zero-order valence-electron chi connectivity index (χ0n) is 4.70. The van der Waals surface area contributed by atoms with Crippen molar-refractivity contribution in [1.29, 1.82) is 0 Å². The molecule has 3 nitrogen and oxygen atoms in total. The summed E-state index contributed by atoms with van der Waals surface area (Å²) in [7, 11) is 0. The maximum atomic E-state index is 3.92. The van der Waals surface area contributed by atoms with Gasteiger partial charge >= 0.3 is 0 Å². The summed E-state index contributed by atoms with van der Waals surface area (Å²) < 4.78 is 1.61. The molecule has 8 heavy (non-hydrogen) atoms. The Bertz CT molecular complexity index is 189. The Kier molecular flexibility index (Phi) is 1.12. The van der Waals surface area contributed by atoms with Gasteiger partial charge in [0.05, 0.1) is 0 Å². The lowest BCUT2D eigenvalue weighted by molar-refractivity contribution is 0.835. The third-order valence-electron chi connectivity index (χ3n) is 0.953. The largest absolute Gasteiger partial charge is 0.240 e. The molecule has 0 aliphatic rings. The van der Waals surface area contributed by atoms with Gasteiger partial charge in [0, 0.05) is 19.1 Å². The highest BCUT2D eigenvalue weighted by molar-refractivity contribution is 5.23. The minimum Gasteiger partial charge on any atom is -0.240 e. The van der Waals surface area contributed by atoms with E-state index >= 15 is 0 Å². The molecule has 0 unspecified atom stereocenters. The van der Waals surface area contributed by atoms with E-state index in [9.17, 15) is 0 Å². The molecule has 42 valence electrons. The Morgan fingerprint density at radius 3 is 2.88 bits per heavy atom. The van der Waals surface area contributed by atoms with E-state index in [0.717, 1.165) is 5.82 Å². The number of imidazole rings is 1. The number of hydrogen-bond acceptors (Lipinski definition) is 2. The predicted molar refractivity (Wildman–Crippen MR) is 31.9 cm³/mol. The van der Waals surface area contributed by atoms with E-state index in [-0.39, 0.29) is 0 Å². The van der Waals surface area contributed by atoms with Gasteiger partial charge in [0.25, 0.3) is 0 Å². The van der Waals surface area contributed by atoms with Crippen LogP contribution >= 0.6 is 0 Å². The van der Waals surface area contributed by atoms with Gasteiger partial charge in [-0.05, 0) is 6.92 Å². The Balaban J connectivity index is 3.09. The van der Waals surface area contributed by atoms with Crippen LogP contribution in [0.1, 0.15) is 5.82 Å². The van der Waals surface area contributed by atoms with Crippen LogP contribution in [0.5, 0.6) is 0 Å². The number of nitrogens with zero attached hydrogens (tertiary/aromatic N) is 3. The van der Waals surface area contributed by atoms with Crippen molar-refractivity contribution >= 4 is 6.72 Å². The second-order valence-electron chi connectivity index (χ2n) is 1.46. The zero-order valence-corrected chi connectivity index (χ0v) is 4.70. The van der Waals surface area contributed by atoms with E-state index in [1.807, 2.05) is 6.92 Å². The molecule has 0 radical (unpaired) electrons. The van der Waals surface area contributed by atoms with Crippen molar-refractivity contribution in [2.75, 3.05) is 0 Å². The molecule has 1 rings (SSSR count). The predicted octanol–water partition coefficient (Wildman–Crippen LogP) is 0.655. The van der Waals surface area contributed by atoms with Gasteiger partial charge in [0.15, 0.2) is 0 Å². The number of hydrogen-bond donors (Lipinski definition) is 0. The Morgan fingerprint density at radius 1 is 1.88 bits per heavy atom. The molecule has 0 saturated heterocycles. The summed E-state index contributed by atoms with van der Waals surface area (Å²) >= 11 is 0. The van der Waals surface area contributed by atoms with Gasteiger partial charge in [-0.2, -0.15) is 5.10 Å². The lowest BCUT2D eigenvalue weighted by Gasteiger charge is -1.89. The Morgan fingerprint density at radius 2 is 2.62 bits per heavy atom. The maximum Gasteiger partial charge on any atom is 0.126 e. The van der Waals surface area contributed by atoms with Crippen molar-refractivity contribution in [3.8, 4) is 0 Å². The molecule has 0 spiro atoms. The van der Waals surface area contributed by atoms with Gasteiger partial charge in [-0.15, -0.1) is 0 Å². The van der Waals surface area contributed by atoms with Gasteiger partial charge in [-0.1, -0.05) is 0 Å². The fraction of sp³-hybridized carbons (Fsp3) is 0.200. The van der Waals surface area contributed by atoms with Crippen molar-refractivity contribution in [3.63, 3.8) is 0 Å². The smallest absolute Gasteiger partial charge is 0.126 e. The average molecular weight is 109 g/mol. The Labute approximate surface area is 47.7 Å². The Hall–Kier alpha value is -1.12. The second kappa shape index (κ2) is 1.78. The van der Waals surface area contributed by atoms with Gasteiger partial charge in [0.2, 0.25) is 0 Å². The summed E-state index contributed by atoms with van der Waals surface area (Å²) in [6, 6.07) is 0. The van der Waals surface area contributed by atoms with E-state index in [1.54, 1.807) is 17.1 Å². The molecule has 0 saturated carbocycles. The molecular weight excluding hydrogens is 102 g/mol. The zero-order chi connectivity index (χ0) is 5.98. The normalized spacial score (nSPS) is 9.12. The van der Waals surface area contributed by atoms with Crippen molar-refractivity contribution < 1.29 is 0 Å². The van der Waals surface area contributed by atoms with Crippen LogP contribution in [-0.4, -0.2) is 16.4 Å². The summed E-state index contributed by atoms with van der Waals surface area (Å²) in [5, 5.41) is 3.63. The quantitative estimate of drug-likeness (QED) is 0.487. The van der Waals surface area contributed by atoms with Gasteiger partial charge < -0.3 is 0 Å². The van der Waals surface area contributed by atoms with E-state index < -0.39 is 0 Å². The lowest BCUT2D eigenvalue weighted by atomic mass is 10.7. The van der Waals surface area contributed by atoms with Crippen LogP contribution in [0, 0.1) is 6.92 Å². The van der Waals surface area contributed by atoms with Crippen molar-refractivity contribution in [2.24, 2.45) is 5.10 Å². The summed E-state index contributed by atoms with van der Waals surface area (Å²) in [6.07, 6.45) is 3.44. The molecule has 0 aromatic carbocycles. The number of aryl methyl sites for hydroxylation is 1. The minimum absolute atomic E-state index is 0.861. The molecule has 1 heterocycles. The topological polar surface area (TPSA) is 30.2 Å². The maximum absolute atomic E-state index is 3.92. The summed E-state index contributed by atoms with van der Waals surface area (Å²) in [6.45, 7) is 5.21. The molecule has 0 bridgehead atoms. The van der Waals surface area contributed by atoms with E-state index in [1.165, 1.54) is 0 Å². The minimum atomic E-state index is 0.861. The molecule has 0 N–H and O–H groups in total. The molecule has 0 atom stereocenters. The number of aromatic nitrogens is 2. The third-order valence-corrected chi connectivity index (χ3v) is 0.953. The van der Waals surface area contributed by atoms with Gasteiger partial charge in [0.1, 0.15) is 5.82 Å². The van der Waals surface area contributed by atoms with Crippen molar-refractivity contribution in [1.82, 2.24) is 9.66 Å². The van der Waals surface area contributed by atoms with E-state index in [0.29, 0.717) is 0 Å². The standard InChI is InChI=1S/C5H7N3/c1-5-7-3-4-8(5)6-2/h3-4H,2H2,1H3. The SMILES string of the molecule is C=Nn1ccnc1C. The van der Waals surface area contributed by atoms with Crippen LogP contribution in [0.15, 0.2) is 17.5 Å². The molecule has 0 fully saturated rings. The first-order valence-corrected chi connectivity index (χ1v) is 2.31. The summed E-state index contributed by atoms with van der Waals surface area (Å²) in [4.78, 5) is 3.92. The molecule has 0 aliphatic carbocycles. The highest BCUT2D eigenvalue weighted by Gasteiger charge is 1.87. The highest BCUT2D eigenvalue weighted by atomic mass is 15.4. The van der Waals surface area contributed by atoms with Crippen LogP contribution in [0.4, 0.5) is 0 Å². The van der Waals surface area contributed by atoms with E-state index in [4.69, 9.17) is 0 Å². The molecule has 0 amide bonds. The summed E-state index contributed by atoms with van der Waals surface area (Å²) in [5.41, 5.74) is 0. The first-order valence-electron chi connectivity index (χ1n) is 2.31. The summed E-state index contributed by atoms with van der Waals surface area (Å²) in [5.74, 6) is 0.861. The van der Waals surface area contributed by atoms with Crippen LogP contribution in [0.2, 0.25) is 0 Å². The monoisotopic (exact) mass is 109 g/mol. The lowest BCUT2D eigenvalue weighted by Crippen LogP contribution is -1.86. The third kappa shape index (κ3) is 0.621. The fourth-order valence-electron chi connectivity index (χ4n) is 0.521. The molecular formula is C5H7N3. The first kappa shape index (κ1) is 5.03. The molecule has 1 aromatic rings. The first-order chi connectivity index (χ1) is 3.84.